The molecule has 1 aliphatic rings. The molecule has 4 aromatic rings. The Balaban J connectivity index is 1.33. The third kappa shape index (κ3) is 5.13. The van der Waals surface area contributed by atoms with Crippen LogP contribution in [0.15, 0.2) is 54.9 Å². The fraction of sp³-hybridized carbons (Fsp3) is 0.286. The van der Waals surface area contributed by atoms with E-state index in [9.17, 15) is 14.4 Å². The number of imidazole rings is 1. The van der Waals surface area contributed by atoms with Crippen LogP contribution in [0.25, 0.3) is 11.0 Å². The molecule has 2 N–H and O–H groups in total. The van der Waals surface area contributed by atoms with Gasteiger partial charge < -0.3 is 19.8 Å². The number of anilines is 1. The molecular formula is C28H27N3O5S. The average Bonchev–Trinajstić information content (AvgIpc) is 3.52. The summed E-state index contributed by atoms with van der Waals surface area (Å²) in [5.41, 5.74) is 4.34. The first-order valence-electron chi connectivity index (χ1n) is 12.3. The van der Waals surface area contributed by atoms with E-state index in [4.69, 9.17) is 9.47 Å². The Kier molecular flexibility index (Phi) is 7.05. The number of benzene rings is 2. The Morgan fingerprint density at radius 3 is 2.76 bits per heavy atom. The summed E-state index contributed by atoms with van der Waals surface area (Å²) in [5, 5.41) is 3.26. The molecule has 0 spiro atoms. The summed E-state index contributed by atoms with van der Waals surface area (Å²) in [6.07, 6.45) is 2.88. The van der Waals surface area contributed by atoms with Crippen LogP contribution in [0.1, 0.15) is 62.9 Å². The van der Waals surface area contributed by atoms with Crippen LogP contribution in [0.4, 0.5) is 5.00 Å². The predicted octanol–water partition coefficient (Wildman–Crippen LogP) is 5.26. The zero-order valence-corrected chi connectivity index (χ0v) is 21.4. The van der Waals surface area contributed by atoms with Gasteiger partial charge in [0.25, 0.3) is 5.91 Å². The van der Waals surface area contributed by atoms with Crippen molar-refractivity contribution in [3.8, 4) is 0 Å². The van der Waals surface area contributed by atoms with Crippen LogP contribution in [0.2, 0.25) is 0 Å². The quantitative estimate of drug-likeness (QED) is 0.324. The molecule has 0 bridgehead atoms. The normalized spacial score (nSPS) is 15.6. The number of nitrogens with one attached hydrogen (secondary N) is 2. The number of carbonyl (C=O) groups is 3. The largest absolute Gasteiger partial charge is 0.462 e. The summed E-state index contributed by atoms with van der Waals surface area (Å²) in [5.74, 6) is -1.25. The molecule has 190 valence electrons. The van der Waals surface area contributed by atoms with Gasteiger partial charge in [-0.05, 0) is 68.4 Å². The van der Waals surface area contributed by atoms with Gasteiger partial charge in [0, 0.05) is 4.88 Å². The minimum absolute atomic E-state index is 0.234. The summed E-state index contributed by atoms with van der Waals surface area (Å²) in [6.45, 7) is 3.49. The van der Waals surface area contributed by atoms with Crippen molar-refractivity contribution >= 4 is 45.2 Å². The summed E-state index contributed by atoms with van der Waals surface area (Å²) >= 11 is 1.39. The maximum atomic E-state index is 13.0. The Morgan fingerprint density at radius 1 is 1.16 bits per heavy atom. The molecule has 0 radical (unpaired) electrons. The molecule has 2 heterocycles. The second-order valence-corrected chi connectivity index (χ2v) is 10.1. The second-order valence-electron chi connectivity index (χ2n) is 8.95. The maximum absolute atomic E-state index is 13.0. The minimum atomic E-state index is -1.07. The molecule has 0 fully saturated rings. The fourth-order valence-corrected chi connectivity index (χ4v) is 5.98. The van der Waals surface area contributed by atoms with E-state index in [1.54, 1.807) is 31.5 Å². The molecule has 1 amide bonds. The molecule has 37 heavy (non-hydrogen) atoms. The number of H-pyrrole nitrogens is 1. The number of hydrogen-bond acceptors (Lipinski definition) is 7. The Hall–Kier alpha value is -3.98. The van der Waals surface area contributed by atoms with E-state index in [1.165, 1.54) is 23.8 Å². The number of hydrogen-bond donors (Lipinski definition) is 2. The lowest BCUT2D eigenvalue weighted by molar-refractivity contribution is -0.123. The first kappa shape index (κ1) is 24.7. The van der Waals surface area contributed by atoms with E-state index >= 15 is 0 Å². The molecule has 1 aliphatic carbocycles. The van der Waals surface area contributed by atoms with Crippen molar-refractivity contribution in [2.24, 2.45) is 0 Å². The average molecular weight is 518 g/mol. The molecule has 8 nitrogen and oxygen atoms in total. The van der Waals surface area contributed by atoms with Crippen molar-refractivity contribution in [1.29, 1.82) is 0 Å². The van der Waals surface area contributed by atoms with Crippen LogP contribution < -0.4 is 5.32 Å². The lowest BCUT2D eigenvalue weighted by atomic mass is 9.83. The van der Waals surface area contributed by atoms with Gasteiger partial charge in [0.15, 0.2) is 6.10 Å². The summed E-state index contributed by atoms with van der Waals surface area (Å²) < 4.78 is 10.7. The molecule has 2 aromatic carbocycles. The van der Waals surface area contributed by atoms with Gasteiger partial charge >= 0.3 is 11.9 Å². The molecule has 2 aromatic heterocycles. The smallest absolute Gasteiger partial charge is 0.341 e. The van der Waals surface area contributed by atoms with Gasteiger partial charge in [-0.25, -0.2) is 14.6 Å². The van der Waals surface area contributed by atoms with Gasteiger partial charge in [0.1, 0.15) is 5.00 Å². The number of aromatic amines is 1. The lowest BCUT2D eigenvalue weighted by Gasteiger charge is -2.23. The van der Waals surface area contributed by atoms with Gasteiger partial charge in [-0.1, -0.05) is 30.3 Å². The molecule has 9 heteroatoms. The number of fused-ring (bicyclic) bond motifs is 2. The maximum Gasteiger partial charge on any atom is 0.341 e. The van der Waals surface area contributed by atoms with Gasteiger partial charge in [-0.15, -0.1) is 11.3 Å². The fourth-order valence-electron chi connectivity index (χ4n) is 4.66. The summed E-state index contributed by atoms with van der Waals surface area (Å²) in [4.78, 5) is 46.7. The standard InChI is InChI=1S/C28H27N3O5S/c1-3-35-28(34)24-20-11-9-18(17-7-5-4-6-8-17)14-23(20)37-26(24)31-25(32)16(2)36-27(33)19-10-12-21-22(13-19)30-15-29-21/h4-8,10,12-13,15-16,18H,3,9,11,14H2,1-2H3,(H,29,30)(H,31,32). The van der Waals surface area contributed by atoms with Crippen molar-refractivity contribution in [2.75, 3.05) is 11.9 Å². The SMILES string of the molecule is CCOC(=O)c1c(NC(=O)C(C)OC(=O)c2ccc3nc[nH]c3c2)sc2c1CCC(c1ccccc1)C2. The van der Waals surface area contributed by atoms with Crippen molar-refractivity contribution in [3.05, 3.63) is 82.0 Å². The van der Waals surface area contributed by atoms with E-state index in [2.05, 4.69) is 27.4 Å². The van der Waals surface area contributed by atoms with E-state index in [0.717, 1.165) is 35.2 Å². The number of esters is 2. The lowest BCUT2D eigenvalue weighted by Crippen LogP contribution is -2.30. The first-order valence-corrected chi connectivity index (χ1v) is 13.1. The minimum Gasteiger partial charge on any atom is -0.462 e. The van der Waals surface area contributed by atoms with Crippen molar-refractivity contribution < 1.29 is 23.9 Å². The number of ether oxygens (including phenoxy) is 2. The Labute approximate surface area is 218 Å². The molecular weight excluding hydrogens is 490 g/mol. The van der Waals surface area contributed by atoms with Gasteiger partial charge in [0.05, 0.1) is 35.1 Å². The van der Waals surface area contributed by atoms with Crippen LogP contribution in [0.3, 0.4) is 0 Å². The third-order valence-electron chi connectivity index (χ3n) is 6.56. The van der Waals surface area contributed by atoms with Crippen LogP contribution >= 0.6 is 11.3 Å². The number of thiophene rings is 1. The highest BCUT2D eigenvalue weighted by Gasteiger charge is 2.32. The second kappa shape index (κ2) is 10.6. The van der Waals surface area contributed by atoms with Gasteiger partial charge in [-0.2, -0.15) is 0 Å². The van der Waals surface area contributed by atoms with Crippen molar-refractivity contribution in [2.45, 2.75) is 45.1 Å². The van der Waals surface area contributed by atoms with E-state index < -0.39 is 23.9 Å². The predicted molar refractivity (Wildman–Crippen MR) is 141 cm³/mol. The Bertz CT molecular complexity index is 1460. The number of rotatable bonds is 7. The van der Waals surface area contributed by atoms with Gasteiger partial charge in [0.2, 0.25) is 0 Å². The van der Waals surface area contributed by atoms with Crippen LogP contribution in [0, 0.1) is 0 Å². The molecule has 0 aliphatic heterocycles. The topological polar surface area (TPSA) is 110 Å². The highest BCUT2D eigenvalue weighted by Crippen LogP contribution is 2.43. The molecule has 5 rings (SSSR count). The zero-order valence-electron chi connectivity index (χ0n) is 20.6. The number of carbonyl (C=O) groups excluding carboxylic acids is 3. The van der Waals surface area contributed by atoms with Crippen LogP contribution in [0.5, 0.6) is 0 Å². The van der Waals surface area contributed by atoms with E-state index in [-0.39, 0.29) is 6.61 Å². The molecule has 2 unspecified atom stereocenters. The first-order chi connectivity index (χ1) is 17.9. The third-order valence-corrected chi connectivity index (χ3v) is 7.73. The number of nitrogens with zero attached hydrogens (tertiary/aromatic N) is 1. The van der Waals surface area contributed by atoms with Gasteiger partial charge in [-0.3, -0.25) is 4.79 Å². The van der Waals surface area contributed by atoms with Crippen molar-refractivity contribution in [3.63, 3.8) is 0 Å². The molecule has 0 saturated heterocycles. The summed E-state index contributed by atoms with van der Waals surface area (Å²) in [7, 11) is 0. The van der Waals surface area contributed by atoms with E-state index in [0.29, 0.717) is 27.6 Å². The van der Waals surface area contributed by atoms with E-state index in [1.807, 2.05) is 18.2 Å². The zero-order chi connectivity index (χ0) is 25.9. The number of aromatic nitrogens is 2. The summed E-state index contributed by atoms with van der Waals surface area (Å²) in [6, 6.07) is 15.2. The Morgan fingerprint density at radius 2 is 1.97 bits per heavy atom. The van der Waals surface area contributed by atoms with Crippen LogP contribution in [-0.4, -0.2) is 40.5 Å². The molecule has 0 saturated carbocycles. The highest BCUT2D eigenvalue weighted by atomic mass is 32.1. The monoisotopic (exact) mass is 517 g/mol. The van der Waals surface area contributed by atoms with Crippen LogP contribution in [-0.2, 0) is 27.1 Å². The highest BCUT2D eigenvalue weighted by molar-refractivity contribution is 7.17. The molecule has 2 atom stereocenters. The number of amides is 1. The van der Waals surface area contributed by atoms with Crippen molar-refractivity contribution in [1.82, 2.24) is 9.97 Å².